The molecule has 2 fully saturated rings. The standard InChI is InChI=1S/C11H18O5/c1-14-7-8-16-11-4-2-3-10(11,9(12)13)5-6-15-11/h2-8H2,1H3,(H,12,13). The molecule has 0 aromatic heterocycles. The van der Waals surface area contributed by atoms with Gasteiger partial charge in [-0.3, -0.25) is 4.79 Å². The van der Waals surface area contributed by atoms with Crippen LogP contribution in [-0.4, -0.2) is 43.8 Å². The molecule has 1 heterocycles. The maximum Gasteiger partial charge on any atom is 0.315 e. The van der Waals surface area contributed by atoms with E-state index < -0.39 is 17.2 Å². The monoisotopic (exact) mass is 230 g/mol. The predicted molar refractivity (Wildman–Crippen MR) is 55.0 cm³/mol. The summed E-state index contributed by atoms with van der Waals surface area (Å²) in [4.78, 5) is 11.5. The van der Waals surface area contributed by atoms with Crippen molar-refractivity contribution >= 4 is 5.97 Å². The quantitative estimate of drug-likeness (QED) is 0.714. The van der Waals surface area contributed by atoms with Crippen LogP contribution in [0.5, 0.6) is 0 Å². The van der Waals surface area contributed by atoms with Crippen LogP contribution >= 0.6 is 0 Å². The number of methoxy groups -OCH3 is 1. The van der Waals surface area contributed by atoms with Gasteiger partial charge in [0.05, 0.1) is 19.8 Å². The predicted octanol–water partition coefficient (Wildman–Crippen LogP) is 1.02. The van der Waals surface area contributed by atoms with Crippen molar-refractivity contribution in [2.45, 2.75) is 31.5 Å². The number of ether oxygens (including phenoxy) is 3. The van der Waals surface area contributed by atoms with Crippen molar-refractivity contribution in [3.8, 4) is 0 Å². The average molecular weight is 230 g/mol. The average Bonchev–Trinajstić information content (AvgIpc) is 2.73. The second-order valence-electron chi connectivity index (χ2n) is 4.43. The maximum absolute atomic E-state index is 11.5. The van der Waals surface area contributed by atoms with Crippen molar-refractivity contribution in [1.82, 2.24) is 0 Å². The largest absolute Gasteiger partial charge is 0.481 e. The van der Waals surface area contributed by atoms with Crippen LogP contribution in [0.25, 0.3) is 0 Å². The summed E-state index contributed by atoms with van der Waals surface area (Å²) < 4.78 is 16.2. The van der Waals surface area contributed by atoms with E-state index in [4.69, 9.17) is 14.2 Å². The van der Waals surface area contributed by atoms with E-state index >= 15 is 0 Å². The number of hydrogen-bond donors (Lipinski definition) is 1. The van der Waals surface area contributed by atoms with Gasteiger partial charge in [-0.25, -0.2) is 0 Å². The fourth-order valence-corrected chi connectivity index (χ4v) is 2.89. The van der Waals surface area contributed by atoms with E-state index in [1.165, 1.54) is 0 Å². The third-order valence-electron chi connectivity index (χ3n) is 3.73. The van der Waals surface area contributed by atoms with E-state index in [-0.39, 0.29) is 0 Å². The molecule has 2 atom stereocenters. The van der Waals surface area contributed by atoms with Crippen LogP contribution in [0.1, 0.15) is 25.7 Å². The molecule has 1 aliphatic heterocycles. The maximum atomic E-state index is 11.5. The Labute approximate surface area is 94.7 Å². The molecule has 2 rings (SSSR count). The Hall–Kier alpha value is -0.650. The number of aliphatic carboxylic acids is 1. The molecule has 92 valence electrons. The van der Waals surface area contributed by atoms with Gasteiger partial charge in [0.15, 0.2) is 5.79 Å². The van der Waals surface area contributed by atoms with Crippen LogP contribution < -0.4 is 0 Å². The Morgan fingerprint density at radius 2 is 2.19 bits per heavy atom. The Kier molecular flexibility index (Phi) is 3.19. The lowest BCUT2D eigenvalue weighted by Gasteiger charge is -2.35. The lowest BCUT2D eigenvalue weighted by Crippen LogP contribution is -2.48. The highest BCUT2D eigenvalue weighted by atomic mass is 16.7. The molecule has 0 aromatic rings. The number of carboxylic acid groups (broad SMARTS) is 1. The molecule has 1 saturated carbocycles. The van der Waals surface area contributed by atoms with Gasteiger partial charge in [0.1, 0.15) is 5.41 Å². The molecule has 0 amide bonds. The topological polar surface area (TPSA) is 65.0 Å². The Balaban J connectivity index is 2.13. The summed E-state index contributed by atoms with van der Waals surface area (Å²) in [6.45, 7) is 1.31. The van der Waals surface area contributed by atoms with Gasteiger partial charge >= 0.3 is 5.97 Å². The number of fused-ring (bicyclic) bond motifs is 1. The Morgan fingerprint density at radius 3 is 2.88 bits per heavy atom. The molecule has 0 spiro atoms. The van der Waals surface area contributed by atoms with Crippen LogP contribution in [0, 0.1) is 5.41 Å². The van der Waals surface area contributed by atoms with Crippen LogP contribution in [0.3, 0.4) is 0 Å². The van der Waals surface area contributed by atoms with Crippen LogP contribution in [0.4, 0.5) is 0 Å². The molecular formula is C11H18O5. The van der Waals surface area contributed by atoms with E-state index in [0.29, 0.717) is 39.1 Å². The first-order valence-electron chi connectivity index (χ1n) is 5.67. The highest BCUT2D eigenvalue weighted by molar-refractivity contribution is 5.77. The smallest absolute Gasteiger partial charge is 0.315 e. The number of hydrogen-bond acceptors (Lipinski definition) is 4. The molecule has 2 unspecified atom stereocenters. The first-order valence-corrected chi connectivity index (χ1v) is 5.67. The first kappa shape index (κ1) is 11.8. The Morgan fingerprint density at radius 1 is 1.38 bits per heavy atom. The van der Waals surface area contributed by atoms with Crippen molar-refractivity contribution in [3.05, 3.63) is 0 Å². The summed E-state index contributed by atoms with van der Waals surface area (Å²) in [6.07, 6.45) is 2.72. The summed E-state index contributed by atoms with van der Waals surface area (Å²) in [5.41, 5.74) is -0.833. The van der Waals surface area contributed by atoms with E-state index in [1.54, 1.807) is 7.11 Å². The van der Waals surface area contributed by atoms with E-state index in [0.717, 1.165) is 6.42 Å². The molecule has 5 heteroatoms. The van der Waals surface area contributed by atoms with E-state index in [1.807, 2.05) is 0 Å². The number of carboxylic acids is 1. The van der Waals surface area contributed by atoms with Crippen LogP contribution in [0.15, 0.2) is 0 Å². The third-order valence-corrected chi connectivity index (χ3v) is 3.73. The zero-order valence-corrected chi connectivity index (χ0v) is 9.53. The third kappa shape index (κ3) is 1.54. The minimum absolute atomic E-state index is 0.380. The highest BCUT2D eigenvalue weighted by Gasteiger charge is 2.65. The van der Waals surface area contributed by atoms with Crippen molar-refractivity contribution in [3.63, 3.8) is 0 Å². The van der Waals surface area contributed by atoms with Crippen molar-refractivity contribution in [2.24, 2.45) is 5.41 Å². The first-order chi connectivity index (χ1) is 7.67. The number of carbonyl (C=O) groups is 1. The Bertz CT molecular complexity index is 266. The van der Waals surface area contributed by atoms with Gasteiger partial charge in [0.2, 0.25) is 0 Å². The molecule has 0 bridgehead atoms. The van der Waals surface area contributed by atoms with Crippen molar-refractivity contribution < 1.29 is 24.1 Å². The number of rotatable bonds is 5. The van der Waals surface area contributed by atoms with Gasteiger partial charge in [-0.1, -0.05) is 0 Å². The molecule has 0 aromatic carbocycles. The molecule has 0 radical (unpaired) electrons. The molecule has 2 aliphatic rings. The molecule has 1 N–H and O–H groups in total. The molecule has 5 nitrogen and oxygen atoms in total. The van der Waals surface area contributed by atoms with Gasteiger partial charge in [-0.15, -0.1) is 0 Å². The van der Waals surface area contributed by atoms with Crippen molar-refractivity contribution in [2.75, 3.05) is 26.9 Å². The van der Waals surface area contributed by atoms with Gasteiger partial charge in [-0.05, 0) is 19.3 Å². The zero-order valence-electron chi connectivity index (χ0n) is 9.53. The van der Waals surface area contributed by atoms with Gasteiger partial charge < -0.3 is 19.3 Å². The molecule has 1 aliphatic carbocycles. The second-order valence-corrected chi connectivity index (χ2v) is 4.43. The molecule has 16 heavy (non-hydrogen) atoms. The summed E-state index contributed by atoms with van der Waals surface area (Å²) in [6, 6.07) is 0. The minimum Gasteiger partial charge on any atom is -0.481 e. The van der Waals surface area contributed by atoms with E-state index in [2.05, 4.69) is 0 Å². The fourth-order valence-electron chi connectivity index (χ4n) is 2.89. The van der Waals surface area contributed by atoms with Gasteiger partial charge in [0.25, 0.3) is 0 Å². The summed E-state index contributed by atoms with van der Waals surface area (Å²) in [5.74, 6) is -1.70. The second kappa shape index (κ2) is 4.31. The van der Waals surface area contributed by atoms with Crippen LogP contribution in [0.2, 0.25) is 0 Å². The zero-order chi connectivity index (χ0) is 11.6. The highest BCUT2D eigenvalue weighted by Crippen LogP contribution is 2.56. The van der Waals surface area contributed by atoms with Gasteiger partial charge in [0, 0.05) is 13.5 Å². The summed E-state index contributed by atoms with van der Waals surface area (Å²) in [5, 5.41) is 9.40. The molecular weight excluding hydrogens is 212 g/mol. The van der Waals surface area contributed by atoms with E-state index in [9.17, 15) is 9.90 Å². The normalized spacial score (nSPS) is 37.6. The van der Waals surface area contributed by atoms with Crippen LogP contribution in [-0.2, 0) is 19.0 Å². The van der Waals surface area contributed by atoms with Gasteiger partial charge in [-0.2, -0.15) is 0 Å². The molecule has 1 saturated heterocycles. The lowest BCUT2D eigenvalue weighted by molar-refractivity contribution is -0.251. The fraction of sp³-hybridized carbons (Fsp3) is 0.909. The summed E-state index contributed by atoms with van der Waals surface area (Å²) >= 11 is 0. The summed E-state index contributed by atoms with van der Waals surface area (Å²) in [7, 11) is 1.59. The lowest BCUT2D eigenvalue weighted by atomic mass is 9.80. The minimum atomic E-state index is -0.905. The van der Waals surface area contributed by atoms with Crippen molar-refractivity contribution in [1.29, 1.82) is 0 Å². The SMILES string of the molecule is COCCOC12CCCC1(C(=O)O)CCO2.